The number of hydrogen-bond acceptors (Lipinski definition) is 3. The van der Waals surface area contributed by atoms with E-state index in [4.69, 9.17) is 10.5 Å². The van der Waals surface area contributed by atoms with Gasteiger partial charge in [-0.05, 0) is 18.8 Å². The summed E-state index contributed by atoms with van der Waals surface area (Å²) in [6.07, 6.45) is 1.95. The third-order valence-electron chi connectivity index (χ3n) is 2.77. The van der Waals surface area contributed by atoms with E-state index in [0.29, 0.717) is 12.5 Å². The lowest BCUT2D eigenvalue weighted by Gasteiger charge is -2.38. The molecule has 0 aliphatic carbocycles. The van der Waals surface area contributed by atoms with Crippen LogP contribution < -0.4 is 5.73 Å². The molecule has 1 fully saturated rings. The van der Waals surface area contributed by atoms with E-state index >= 15 is 0 Å². The van der Waals surface area contributed by atoms with Crippen molar-refractivity contribution >= 4 is 6.09 Å². The van der Waals surface area contributed by atoms with Gasteiger partial charge in [0.05, 0.1) is 7.11 Å². The Hall–Kier alpha value is -0.770. The average molecular weight is 186 g/mol. The first-order valence-electron chi connectivity index (χ1n) is 4.75. The molecule has 2 atom stereocenters. The van der Waals surface area contributed by atoms with Gasteiger partial charge in [-0.25, -0.2) is 4.79 Å². The average Bonchev–Trinajstić information content (AvgIpc) is 2.16. The van der Waals surface area contributed by atoms with E-state index in [-0.39, 0.29) is 12.1 Å². The van der Waals surface area contributed by atoms with Gasteiger partial charge in [0.25, 0.3) is 0 Å². The third kappa shape index (κ3) is 2.12. The van der Waals surface area contributed by atoms with Gasteiger partial charge in [-0.2, -0.15) is 0 Å². The maximum absolute atomic E-state index is 11.3. The molecule has 13 heavy (non-hydrogen) atoms. The number of methoxy groups -OCH3 is 1. The van der Waals surface area contributed by atoms with Crippen LogP contribution in [0.15, 0.2) is 0 Å². The zero-order valence-electron chi connectivity index (χ0n) is 8.32. The minimum Gasteiger partial charge on any atom is -0.453 e. The number of hydrogen-bond donors (Lipinski definition) is 1. The zero-order valence-corrected chi connectivity index (χ0v) is 8.32. The first-order valence-corrected chi connectivity index (χ1v) is 4.75. The largest absolute Gasteiger partial charge is 0.453 e. The maximum Gasteiger partial charge on any atom is 0.409 e. The molecule has 1 aliphatic rings. The van der Waals surface area contributed by atoms with Gasteiger partial charge in [0.1, 0.15) is 0 Å². The Morgan fingerprint density at radius 3 is 2.92 bits per heavy atom. The van der Waals surface area contributed by atoms with Crippen molar-refractivity contribution in [2.24, 2.45) is 11.7 Å². The molecule has 2 N–H and O–H groups in total. The van der Waals surface area contributed by atoms with E-state index in [1.165, 1.54) is 7.11 Å². The van der Waals surface area contributed by atoms with Gasteiger partial charge in [0.2, 0.25) is 0 Å². The molecule has 0 aromatic carbocycles. The highest BCUT2D eigenvalue weighted by Gasteiger charge is 2.31. The molecule has 1 saturated heterocycles. The van der Waals surface area contributed by atoms with Crippen LogP contribution in [0.1, 0.15) is 19.8 Å². The summed E-state index contributed by atoms with van der Waals surface area (Å²) in [4.78, 5) is 13.1. The predicted octanol–water partition coefficient (Wildman–Crippen LogP) is 0.812. The minimum atomic E-state index is -0.248. The molecule has 76 valence electrons. The Morgan fingerprint density at radius 2 is 2.38 bits per heavy atom. The van der Waals surface area contributed by atoms with Crippen LogP contribution >= 0.6 is 0 Å². The Morgan fingerprint density at radius 1 is 1.69 bits per heavy atom. The van der Waals surface area contributed by atoms with Crippen LogP contribution in [0.5, 0.6) is 0 Å². The fourth-order valence-corrected chi connectivity index (χ4v) is 1.95. The van der Waals surface area contributed by atoms with Gasteiger partial charge in [0.15, 0.2) is 0 Å². The van der Waals surface area contributed by atoms with E-state index < -0.39 is 0 Å². The van der Waals surface area contributed by atoms with Gasteiger partial charge in [-0.3, -0.25) is 0 Å². The summed E-state index contributed by atoms with van der Waals surface area (Å²) in [5.41, 5.74) is 5.63. The van der Waals surface area contributed by atoms with Gasteiger partial charge in [-0.1, -0.05) is 6.92 Å². The molecular weight excluding hydrogens is 168 g/mol. The molecule has 2 unspecified atom stereocenters. The molecule has 1 amide bonds. The quantitative estimate of drug-likeness (QED) is 0.659. The highest BCUT2D eigenvalue weighted by Crippen LogP contribution is 2.22. The van der Waals surface area contributed by atoms with Gasteiger partial charge in [0, 0.05) is 19.1 Å². The molecule has 4 nitrogen and oxygen atoms in total. The number of ether oxygens (including phenoxy) is 1. The normalized spacial score (nSPS) is 28.7. The second-order valence-electron chi connectivity index (χ2n) is 3.59. The topological polar surface area (TPSA) is 55.6 Å². The Kier molecular flexibility index (Phi) is 3.54. The molecule has 1 heterocycles. The molecule has 4 heteroatoms. The van der Waals surface area contributed by atoms with E-state index in [9.17, 15) is 4.79 Å². The van der Waals surface area contributed by atoms with Crippen molar-refractivity contribution in [3.8, 4) is 0 Å². The molecule has 0 spiro atoms. The molecule has 0 radical (unpaired) electrons. The highest BCUT2D eigenvalue weighted by atomic mass is 16.5. The lowest BCUT2D eigenvalue weighted by atomic mass is 9.91. The van der Waals surface area contributed by atoms with Crippen LogP contribution in [0.3, 0.4) is 0 Å². The number of carbonyl (C=O) groups excluding carboxylic acids is 1. The lowest BCUT2D eigenvalue weighted by molar-refractivity contribution is 0.0726. The molecule has 0 aromatic rings. The van der Waals surface area contributed by atoms with Gasteiger partial charge in [-0.15, -0.1) is 0 Å². The van der Waals surface area contributed by atoms with Crippen molar-refractivity contribution in [3.05, 3.63) is 0 Å². The Balaban J connectivity index is 2.64. The summed E-state index contributed by atoms with van der Waals surface area (Å²) < 4.78 is 4.70. The van der Waals surface area contributed by atoms with Crippen LogP contribution in [0, 0.1) is 5.92 Å². The third-order valence-corrected chi connectivity index (χ3v) is 2.77. The summed E-state index contributed by atoms with van der Waals surface area (Å²) in [7, 11) is 1.41. The molecule has 0 saturated carbocycles. The lowest BCUT2D eigenvalue weighted by Crippen LogP contribution is -2.51. The SMILES string of the molecule is COC(=O)N1CCCC(C)C1CN. The van der Waals surface area contributed by atoms with Crippen molar-refractivity contribution in [3.63, 3.8) is 0 Å². The maximum atomic E-state index is 11.3. The molecule has 0 aromatic heterocycles. The van der Waals surface area contributed by atoms with Gasteiger partial charge < -0.3 is 15.4 Å². The number of nitrogens with zero attached hydrogens (tertiary/aromatic N) is 1. The Labute approximate surface area is 79.0 Å². The molecule has 0 bridgehead atoms. The molecular formula is C9H18N2O2. The number of carbonyl (C=O) groups is 1. The number of amides is 1. The first kappa shape index (κ1) is 10.3. The Bertz CT molecular complexity index is 184. The van der Waals surface area contributed by atoms with E-state index in [0.717, 1.165) is 19.4 Å². The van der Waals surface area contributed by atoms with Crippen LogP contribution in [0.2, 0.25) is 0 Å². The number of nitrogens with two attached hydrogens (primary N) is 1. The van der Waals surface area contributed by atoms with Crippen molar-refractivity contribution in [2.45, 2.75) is 25.8 Å². The summed E-state index contributed by atoms with van der Waals surface area (Å²) in [6, 6.07) is 0.154. The molecule has 1 aliphatic heterocycles. The summed E-state index contributed by atoms with van der Waals surface area (Å²) in [5, 5.41) is 0. The second-order valence-corrected chi connectivity index (χ2v) is 3.59. The van der Waals surface area contributed by atoms with E-state index in [2.05, 4.69) is 6.92 Å². The zero-order chi connectivity index (χ0) is 9.84. The standard InChI is InChI=1S/C9H18N2O2/c1-7-4-3-5-11(8(7)6-10)9(12)13-2/h7-8H,3-6,10H2,1-2H3. The minimum absolute atomic E-state index is 0.154. The van der Waals surface area contributed by atoms with Crippen LogP contribution in [0.4, 0.5) is 4.79 Å². The molecule has 1 rings (SSSR count). The van der Waals surface area contributed by atoms with Crippen LogP contribution in [-0.2, 0) is 4.74 Å². The summed E-state index contributed by atoms with van der Waals surface area (Å²) in [5.74, 6) is 0.484. The van der Waals surface area contributed by atoms with E-state index in [1.54, 1.807) is 4.90 Å². The number of rotatable bonds is 1. The van der Waals surface area contributed by atoms with Crippen LogP contribution in [-0.4, -0.2) is 37.2 Å². The van der Waals surface area contributed by atoms with Crippen molar-refractivity contribution in [1.29, 1.82) is 0 Å². The summed E-state index contributed by atoms with van der Waals surface area (Å²) in [6.45, 7) is 3.43. The van der Waals surface area contributed by atoms with Crippen LogP contribution in [0.25, 0.3) is 0 Å². The monoisotopic (exact) mass is 186 g/mol. The second kappa shape index (κ2) is 4.46. The number of piperidine rings is 1. The predicted molar refractivity (Wildman–Crippen MR) is 50.4 cm³/mol. The summed E-state index contributed by atoms with van der Waals surface area (Å²) >= 11 is 0. The van der Waals surface area contributed by atoms with Gasteiger partial charge >= 0.3 is 6.09 Å². The van der Waals surface area contributed by atoms with Crippen molar-refractivity contribution in [2.75, 3.05) is 20.2 Å². The van der Waals surface area contributed by atoms with Crippen molar-refractivity contribution in [1.82, 2.24) is 4.90 Å². The fourth-order valence-electron chi connectivity index (χ4n) is 1.95. The van der Waals surface area contributed by atoms with E-state index in [1.807, 2.05) is 0 Å². The first-order chi connectivity index (χ1) is 6.20. The van der Waals surface area contributed by atoms with Crippen molar-refractivity contribution < 1.29 is 9.53 Å². The smallest absolute Gasteiger partial charge is 0.409 e. The fraction of sp³-hybridized carbons (Fsp3) is 0.889. The highest BCUT2D eigenvalue weighted by molar-refractivity contribution is 5.68. The number of likely N-dealkylation sites (tertiary alicyclic amines) is 1.